The van der Waals surface area contributed by atoms with Gasteiger partial charge in [0.1, 0.15) is 17.1 Å². The van der Waals surface area contributed by atoms with Crippen LogP contribution >= 0.6 is 0 Å². The van der Waals surface area contributed by atoms with Crippen molar-refractivity contribution in [3.05, 3.63) is 54.2 Å². The number of carboxylic acids is 1. The Balaban J connectivity index is 2.12. The van der Waals surface area contributed by atoms with Crippen LogP contribution in [0.15, 0.2) is 42.9 Å². The Kier molecular flexibility index (Phi) is 3.02. The molecule has 3 rings (SSSR count). The summed E-state index contributed by atoms with van der Waals surface area (Å²) in [6, 6.07) is 5.64. The molecule has 0 aliphatic heterocycles. The lowest BCUT2D eigenvalue weighted by atomic mass is 10.1. The average molecular weight is 286 g/mol. The van der Waals surface area contributed by atoms with E-state index in [4.69, 9.17) is 0 Å². The van der Waals surface area contributed by atoms with Crippen LogP contribution in [0, 0.1) is 5.82 Å². The van der Waals surface area contributed by atoms with E-state index in [9.17, 15) is 14.3 Å². The molecular weight excluding hydrogens is 275 g/mol. The second kappa shape index (κ2) is 4.86. The van der Waals surface area contributed by atoms with E-state index in [0.29, 0.717) is 16.9 Å². The fourth-order valence-corrected chi connectivity index (χ4v) is 2.01. The number of aryl methyl sites for hydroxylation is 1. The van der Waals surface area contributed by atoms with Gasteiger partial charge in [0, 0.05) is 25.0 Å². The lowest BCUT2D eigenvalue weighted by molar-refractivity contribution is 0.0697. The van der Waals surface area contributed by atoms with Gasteiger partial charge >= 0.3 is 5.97 Å². The van der Waals surface area contributed by atoms with Gasteiger partial charge in [-0.1, -0.05) is 0 Å². The van der Waals surface area contributed by atoms with Crippen molar-refractivity contribution >= 4 is 5.97 Å². The van der Waals surface area contributed by atoms with Crippen molar-refractivity contribution in [2.45, 2.75) is 0 Å². The maximum atomic E-state index is 12.9. The molecule has 0 saturated heterocycles. The van der Waals surface area contributed by atoms with E-state index < -0.39 is 5.97 Å². The number of carbonyl (C=O) groups is 1. The molecule has 0 amide bonds. The smallest absolute Gasteiger partial charge is 0.339 e. The predicted octanol–water partition coefficient (Wildman–Crippen LogP) is 2.11. The number of nitrogens with zero attached hydrogens (tertiary/aromatic N) is 4. The van der Waals surface area contributed by atoms with E-state index in [2.05, 4.69) is 10.2 Å². The Morgan fingerprint density at radius 1 is 1.24 bits per heavy atom. The third-order valence-corrected chi connectivity index (χ3v) is 3.01. The number of hydrogen-bond acceptors (Lipinski definition) is 3. The minimum absolute atomic E-state index is 0.0623. The molecule has 0 spiro atoms. The van der Waals surface area contributed by atoms with Crippen LogP contribution in [-0.4, -0.2) is 30.6 Å². The van der Waals surface area contributed by atoms with Crippen LogP contribution in [-0.2, 0) is 7.05 Å². The first-order valence-electron chi connectivity index (χ1n) is 6.12. The van der Waals surface area contributed by atoms with Crippen LogP contribution < -0.4 is 0 Å². The van der Waals surface area contributed by atoms with Gasteiger partial charge in [-0.3, -0.25) is 4.68 Å². The standard InChI is InChI=1S/C14H11FN4O2/c1-18-7-9(6-16-18)13-12(14(20)21)8-19(17-13)11-4-2-10(15)3-5-11/h2-8H,1H3,(H,20,21). The highest BCUT2D eigenvalue weighted by Crippen LogP contribution is 2.23. The zero-order valence-electron chi connectivity index (χ0n) is 11.1. The van der Waals surface area contributed by atoms with Gasteiger partial charge in [-0.05, 0) is 24.3 Å². The van der Waals surface area contributed by atoms with Gasteiger partial charge < -0.3 is 5.11 Å². The minimum Gasteiger partial charge on any atom is -0.478 e. The molecule has 0 radical (unpaired) electrons. The Bertz CT molecular complexity index is 805. The van der Waals surface area contributed by atoms with Gasteiger partial charge in [-0.2, -0.15) is 10.2 Å². The lowest BCUT2D eigenvalue weighted by Gasteiger charge is -1.99. The summed E-state index contributed by atoms with van der Waals surface area (Å²) in [5.74, 6) is -1.45. The van der Waals surface area contributed by atoms with Crippen LogP contribution in [0.2, 0.25) is 0 Å². The van der Waals surface area contributed by atoms with Crippen molar-refractivity contribution < 1.29 is 14.3 Å². The monoisotopic (exact) mass is 286 g/mol. The Morgan fingerprint density at radius 2 is 1.95 bits per heavy atom. The summed E-state index contributed by atoms with van der Waals surface area (Å²) in [5, 5.41) is 17.6. The van der Waals surface area contributed by atoms with Gasteiger partial charge in [0.25, 0.3) is 0 Å². The van der Waals surface area contributed by atoms with Gasteiger partial charge in [0.05, 0.1) is 11.9 Å². The summed E-state index contributed by atoms with van der Waals surface area (Å²) in [6.45, 7) is 0. The number of rotatable bonds is 3. The third kappa shape index (κ3) is 2.40. The van der Waals surface area contributed by atoms with Gasteiger partial charge in [0.2, 0.25) is 0 Å². The van der Waals surface area contributed by atoms with Crippen molar-refractivity contribution in [1.29, 1.82) is 0 Å². The average Bonchev–Trinajstić information content (AvgIpc) is 3.05. The lowest BCUT2D eigenvalue weighted by Crippen LogP contribution is -1.96. The Hall–Kier alpha value is -2.96. The molecule has 0 aliphatic rings. The summed E-state index contributed by atoms with van der Waals surface area (Å²) in [7, 11) is 1.74. The molecule has 106 valence electrons. The van der Waals surface area contributed by atoms with Crippen molar-refractivity contribution in [3.63, 3.8) is 0 Å². The normalized spacial score (nSPS) is 10.8. The summed E-state index contributed by atoms with van der Waals surface area (Å²) >= 11 is 0. The van der Waals surface area contributed by atoms with E-state index in [0.717, 1.165) is 0 Å². The van der Waals surface area contributed by atoms with Crippen molar-refractivity contribution in [3.8, 4) is 16.9 Å². The molecule has 0 unspecified atom stereocenters. The highest BCUT2D eigenvalue weighted by molar-refractivity contribution is 5.94. The van der Waals surface area contributed by atoms with Crippen LogP contribution in [0.3, 0.4) is 0 Å². The number of carboxylic acid groups (broad SMARTS) is 1. The van der Waals surface area contributed by atoms with Gasteiger partial charge in [0.15, 0.2) is 0 Å². The number of benzene rings is 1. The van der Waals surface area contributed by atoms with Crippen molar-refractivity contribution in [2.75, 3.05) is 0 Å². The molecule has 3 aromatic rings. The Labute approximate surface area is 119 Å². The highest BCUT2D eigenvalue weighted by atomic mass is 19.1. The zero-order chi connectivity index (χ0) is 15.0. The molecule has 0 fully saturated rings. The maximum Gasteiger partial charge on any atom is 0.339 e. The van der Waals surface area contributed by atoms with E-state index in [1.165, 1.54) is 35.1 Å². The zero-order valence-corrected chi connectivity index (χ0v) is 11.1. The molecule has 1 aromatic carbocycles. The van der Waals surface area contributed by atoms with Crippen LogP contribution in [0.1, 0.15) is 10.4 Å². The topological polar surface area (TPSA) is 72.9 Å². The first kappa shape index (κ1) is 13.0. The van der Waals surface area contributed by atoms with E-state index in [1.54, 1.807) is 24.1 Å². The largest absolute Gasteiger partial charge is 0.478 e. The second-order valence-corrected chi connectivity index (χ2v) is 4.52. The van der Waals surface area contributed by atoms with Crippen molar-refractivity contribution in [2.24, 2.45) is 7.05 Å². The summed E-state index contributed by atoms with van der Waals surface area (Å²) in [6.07, 6.45) is 4.63. The number of halogens is 1. The number of aromatic nitrogens is 4. The second-order valence-electron chi connectivity index (χ2n) is 4.52. The minimum atomic E-state index is -1.08. The van der Waals surface area contributed by atoms with Gasteiger partial charge in [-0.15, -0.1) is 0 Å². The predicted molar refractivity (Wildman–Crippen MR) is 72.7 cm³/mol. The van der Waals surface area contributed by atoms with E-state index >= 15 is 0 Å². The fourth-order valence-electron chi connectivity index (χ4n) is 2.01. The van der Waals surface area contributed by atoms with Crippen LogP contribution in [0.4, 0.5) is 4.39 Å². The molecule has 6 nitrogen and oxygen atoms in total. The third-order valence-electron chi connectivity index (χ3n) is 3.01. The fraction of sp³-hybridized carbons (Fsp3) is 0.0714. The summed E-state index contributed by atoms with van der Waals surface area (Å²) < 4.78 is 15.9. The number of aromatic carboxylic acids is 1. The van der Waals surface area contributed by atoms with Crippen LogP contribution in [0.25, 0.3) is 16.9 Å². The van der Waals surface area contributed by atoms with E-state index in [1.807, 2.05) is 0 Å². The SMILES string of the molecule is Cn1cc(-c2nn(-c3ccc(F)cc3)cc2C(=O)O)cn1. The maximum absolute atomic E-state index is 12.9. The molecular formula is C14H11FN4O2. The highest BCUT2D eigenvalue weighted by Gasteiger charge is 2.18. The van der Waals surface area contributed by atoms with Crippen LogP contribution in [0.5, 0.6) is 0 Å². The molecule has 7 heteroatoms. The number of hydrogen-bond donors (Lipinski definition) is 1. The van der Waals surface area contributed by atoms with Gasteiger partial charge in [-0.25, -0.2) is 13.9 Å². The first-order chi connectivity index (χ1) is 10.0. The van der Waals surface area contributed by atoms with E-state index in [-0.39, 0.29) is 11.4 Å². The molecule has 21 heavy (non-hydrogen) atoms. The molecule has 2 aromatic heterocycles. The molecule has 0 aliphatic carbocycles. The molecule has 0 atom stereocenters. The molecule has 0 bridgehead atoms. The molecule has 0 saturated carbocycles. The quantitative estimate of drug-likeness (QED) is 0.800. The summed E-state index contributed by atoms with van der Waals surface area (Å²) in [4.78, 5) is 11.4. The molecule has 2 heterocycles. The Morgan fingerprint density at radius 3 is 2.52 bits per heavy atom. The van der Waals surface area contributed by atoms with Crippen molar-refractivity contribution in [1.82, 2.24) is 19.6 Å². The summed E-state index contributed by atoms with van der Waals surface area (Å²) in [5.41, 5.74) is 1.57. The first-order valence-corrected chi connectivity index (χ1v) is 6.12. The molecule has 1 N–H and O–H groups in total.